The molecule has 1 aromatic rings. The maximum absolute atomic E-state index is 13.1. The van der Waals surface area contributed by atoms with Crippen LogP contribution in [0.2, 0.25) is 0 Å². The highest BCUT2D eigenvalue weighted by Crippen LogP contribution is 2.23. The van der Waals surface area contributed by atoms with Gasteiger partial charge in [0.25, 0.3) is 0 Å². The first-order valence-electron chi connectivity index (χ1n) is 6.21. The third kappa shape index (κ3) is 5.34. The van der Waals surface area contributed by atoms with E-state index in [1.807, 2.05) is 6.92 Å². The van der Waals surface area contributed by atoms with Gasteiger partial charge in [0.05, 0.1) is 0 Å². The molecule has 1 aromatic carbocycles. The predicted molar refractivity (Wildman–Crippen MR) is 66.0 cm³/mol. The Morgan fingerprint density at radius 3 is 2.65 bits per heavy atom. The number of hydrogen-bond acceptors (Lipinski definition) is 3. The Hall–Kier alpha value is -1.34. The van der Waals surface area contributed by atoms with Gasteiger partial charge < -0.3 is 15.2 Å². The van der Waals surface area contributed by atoms with Crippen LogP contribution in [0.3, 0.4) is 0 Å². The Morgan fingerprint density at radius 2 is 2.05 bits per heavy atom. The first-order chi connectivity index (χ1) is 9.34. The summed E-state index contributed by atoms with van der Waals surface area (Å²) in [5, 5.41) is 11.9. The SMILES string of the molecule is CCCNCc1cc(F)ccc1OCC(O)C(F)(F)F. The summed E-state index contributed by atoms with van der Waals surface area (Å²) >= 11 is 0. The molecule has 0 saturated carbocycles. The smallest absolute Gasteiger partial charge is 0.417 e. The van der Waals surface area contributed by atoms with E-state index in [-0.39, 0.29) is 12.3 Å². The number of alkyl halides is 3. The molecule has 0 bridgehead atoms. The summed E-state index contributed by atoms with van der Waals surface area (Å²) in [4.78, 5) is 0. The van der Waals surface area contributed by atoms with E-state index in [0.29, 0.717) is 12.1 Å². The lowest BCUT2D eigenvalue weighted by molar-refractivity contribution is -0.210. The lowest BCUT2D eigenvalue weighted by Gasteiger charge is -2.17. The van der Waals surface area contributed by atoms with Gasteiger partial charge in [0.1, 0.15) is 18.2 Å². The lowest BCUT2D eigenvalue weighted by Crippen LogP contribution is -2.34. The molecule has 0 radical (unpaired) electrons. The molecule has 3 nitrogen and oxygen atoms in total. The molecule has 1 unspecified atom stereocenters. The normalized spacial score (nSPS) is 13.3. The van der Waals surface area contributed by atoms with Gasteiger partial charge in [0.2, 0.25) is 0 Å². The Bertz CT molecular complexity index is 423. The maximum atomic E-state index is 13.1. The second kappa shape index (κ2) is 7.44. The van der Waals surface area contributed by atoms with Gasteiger partial charge in [0, 0.05) is 12.1 Å². The van der Waals surface area contributed by atoms with E-state index < -0.39 is 24.7 Å². The zero-order chi connectivity index (χ0) is 15.2. The van der Waals surface area contributed by atoms with Crippen LogP contribution in [0.15, 0.2) is 18.2 Å². The second-order valence-electron chi connectivity index (χ2n) is 4.30. The predicted octanol–water partition coefficient (Wildman–Crippen LogP) is 2.63. The second-order valence-corrected chi connectivity index (χ2v) is 4.30. The fourth-order valence-corrected chi connectivity index (χ4v) is 1.49. The standard InChI is InChI=1S/C13H17F4NO2/c1-2-5-18-7-9-6-10(14)3-4-11(9)20-8-12(19)13(15,16)17/h3-4,6,12,18-19H,2,5,7-8H2,1H3. The van der Waals surface area contributed by atoms with E-state index in [1.54, 1.807) is 0 Å². The van der Waals surface area contributed by atoms with E-state index in [0.717, 1.165) is 12.5 Å². The average Bonchev–Trinajstić information content (AvgIpc) is 2.36. The number of benzene rings is 1. The van der Waals surface area contributed by atoms with Crippen LogP contribution in [0.1, 0.15) is 18.9 Å². The van der Waals surface area contributed by atoms with Crippen molar-refractivity contribution in [1.82, 2.24) is 5.32 Å². The van der Waals surface area contributed by atoms with Crippen LogP contribution < -0.4 is 10.1 Å². The van der Waals surface area contributed by atoms with E-state index in [9.17, 15) is 17.6 Å². The molecule has 0 aliphatic heterocycles. The van der Waals surface area contributed by atoms with Crippen molar-refractivity contribution >= 4 is 0 Å². The van der Waals surface area contributed by atoms with Crippen LogP contribution in [-0.4, -0.2) is 30.5 Å². The van der Waals surface area contributed by atoms with Crippen molar-refractivity contribution in [3.8, 4) is 5.75 Å². The Kier molecular flexibility index (Phi) is 6.22. The number of ether oxygens (including phenoxy) is 1. The van der Waals surface area contributed by atoms with Gasteiger partial charge in [0.15, 0.2) is 6.10 Å². The van der Waals surface area contributed by atoms with Gasteiger partial charge in [-0.3, -0.25) is 0 Å². The molecule has 0 saturated heterocycles. The molecule has 0 heterocycles. The average molecular weight is 295 g/mol. The van der Waals surface area contributed by atoms with E-state index in [1.165, 1.54) is 12.1 Å². The van der Waals surface area contributed by atoms with E-state index in [4.69, 9.17) is 9.84 Å². The maximum Gasteiger partial charge on any atom is 0.417 e. The summed E-state index contributed by atoms with van der Waals surface area (Å²) in [5.41, 5.74) is 0.410. The molecule has 0 amide bonds. The first-order valence-corrected chi connectivity index (χ1v) is 6.21. The summed E-state index contributed by atoms with van der Waals surface area (Å²) in [7, 11) is 0. The molecular formula is C13H17F4NO2. The zero-order valence-electron chi connectivity index (χ0n) is 11.0. The van der Waals surface area contributed by atoms with Crippen molar-refractivity contribution in [1.29, 1.82) is 0 Å². The van der Waals surface area contributed by atoms with Crippen LogP contribution in [0.25, 0.3) is 0 Å². The summed E-state index contributed by atoms with van der Waals surface area (Å²) in [6.45, 7) is 2.01. The highest BCUT2D eigenvalue weighted by atomic mass is 19.4. The van der Waals surface area contributed by atoms with Crippen LogP contribution >= 0.6 is 0 Å². The largest absolute Gasteiger partial charge is 0.490 e. The summed E-state index contributed by atoms with van der Waals surface area (Å²) in [6, 6.07) is 3.54. The minimum absolute atomic E-state index is 0.123. The molecular weight excluding hydrogens is 278 g/mol. The molecule has 0 aliphatic carbocycles. The number of halogens is 4. The number of hydrogen-bond donors (Lipinski definition) is 2. The Balaban J connectivity index is 2.68. The van der Waals surface area contributed by atoms with Crippen molar-refractivity contribution in [2.75, 3.05) is 13.2 Å². The van der Waals surface area contributed by atoms with Crippen LogP contribution in [0.4, 0.5) is 17.6 Å². The van der Waals surface area contributed by atoms with Crippen molar-refractivity contribution in [3.63, 3.8) is 0 Å². The molecule has 2 N–H and O–H groups in total. The fraction of sp³-hybridized carbons (Fsp3) is 0.538. The highest BCUT2D eigenvalue weighted by Gasteiger charge is 2.38. The zero-order valence-corrected chi connectivity index (χ0v) is 11.0. The topological polar surface area (TPSA) is 41.5 Å². The minimum atomic E-state index is -4.74. The Labute approximate surface area is 114 Å². The molecule has 0 spiro atoms. The molecule has 0 aromatic heterocycles. The molecule has 7 heteroatoms. The summed E-state index contributed by atoms with van der Waals surface area (Å²) < 4.78 is 54.6. The van der Waals surface area contributed by atoms with Gasteiger partial charge in [-0.2, -0.15) is 13.2 Å². The number of aliphatic hydroxyl groups excluding tert-OH is 1. The van der Waals surface area contributed by atoms with Gasteiger partial charge in [-0.15, -0.1) is 0 Å². The van der Waals surface area contributed by atoms with Gasteiger partial charge in [-0.05, 0) is 31.2 Å². The van der Waals surface area contributed by atoms with Crippen molar-refractivity contribution in [2.45, 2.75) is 32.2 Å². The summed E-state index contributed by atoms with van der Waals surface area (Å²) in [6.07, 6.45) is -6.43. The molecule has 20 heavy (non-hydrogen) atoms. The summed E-state index contributed by atoms with van der Waals surface area (Å²) in [5.74, 6) is -0.375. The molecule has 114 valence electrons. The monoisotopic (exact) mass is 295 g/mol. The van der Waals surface area contributed by atoms with Crippen LogP contribution in [0.5, 0.6) is 5.75 Å². The number of aliphatic hydroxyl groups is 1. The van der Waals surface area contributed by atoms with Crippen LogP contribution in [-0.2, 0) is 6.54 Å². The lowest BCUT2D eigenvalue weighted by atomic mass is 10.2. The van der Waals surface area contributed by atoms with Crippen molar-refractivity contribution < 1.29 is 27.4 Å². The van der Waals surface area contributed by atoms with Gasteiger partial charge in [-0.25, -0.2) is 4.39 Å². The third-order valence-corrected chi connectivity index (χ3v) is 2.54. The van der Waals surface area contributed by atoms with E-state index in [2.05, 4.69) is 5.32 Å². The quantitative estimate of drug-likeness (QED) is 0.600. The van der Waals surface area contributed by atoms with E-state index >= 15 is 0 Å². The van der Waals surface area contributed by atoms with Gasteiger partial charge >= 0.3 is 6.18 Å². The molecule has 0 fully saturated rings. The molecule has 0 aliphatic rings. The minimum Gasteiger partial charge on any atom is -0.490 e. The van der Waals surface area contributed by atoms with Crippen LogP contribution in [0, 0.1) is 5.82 Å². The molecule has 1 atom stereocenters. The highest BCUT2D eigenvalue weighted by molar-refractivity contribution is 5.34. The van der Waals surface area contributed by atoms with Crippen molar-refractivity contribution in [3.05, 3.63) is 29.6 Å². The van der Waals surface area contributed by atoms with Gasteiger partial charge in [-0.1, -0.05) is 6.92 Å². The fourth-order valence-electron chi connectivity index (χ4n) is 1.49. The number of rotatable bonds is 7. The van der Waals surface area contributed by atoms with Crippen molar-refractivity contribution in [2.24, 2.45) is 0 Å². The Morgan fingerprint density at radius 1 is 1.35 bits per heavy atom. The third-order valence-electron chi connectivity index (χ3n) is 2.54. The number of nitrogens with one attached hydrogen (secondary N) is 1. The molecule has 1 rings (SSSR count). The first kappa shape index (κ1) is 16.7.